The minimum absolute atomic E-state index is 0.338. The number of thiophene rings is 1. The molecule has 0 amide bonds. The Kier molecular flexibility index (Phi) is 2.48. The van der Waals surface area contributed by atoms with E-state index in [4.69, 9.17) is 5.11 Å². The lowest BCUT2D eigenvalue weighted by atomic mass is 10.2. The number of aromatic carboxylic acids is 1. The summed E-state index contributed by atoms with van der Waals surface area (Å²) in [7, 11) is 0. The van der Waals surface area contributed by atoms with Crippen molar-refractivity contribution < 1.29 is 9.90 Å². The molecule has 0 radical (unpaired) electrons. The largest absolute Gasteiger partial charge is 0.478 e. The highest BCUT2D eigenvalue weighted by molar-refractivity contribution is 7.79. The molecule has 0 aliphatic rings. The van der Waals surface area contributed by atoms with Crippen molar-refractivity contribution in [2.45, 2.75) is 5.75 Å². The van der Waals surface area contributed by atoms with Gasteiger partial charge in [0, 0.05) is 15.3 Å². The number of hydrogen-bond acceptors (Lipinski definition) is 3. The zero-order chi connectivity index (χ0) is 10.1. The molecular weight excluding hydrogens is 216 g/mol. The summed E-state index contributed by atoms with van der Waals surface area (Å²) < 4.78 is 1.01. The van der Waals surface area contributed by atoms with Crippen molar-refractivity contribution in [2.75, 3.05) is 0 Å². The Labute approximate surface area is 90.6 Å². The van der Waals surface area contributed by atoms with E-state index < -0.39 is 5.97 Å². The van der Waals surface area contributed by atoms with Gasteiger partial charge in [0.1, 0.15) is 0 Å². The lowest BCUT2D eigenvalue weighted by Crippen LogP contribution is -1.94. The Morgan fingerprint density at radius 3 is 2.86 bits per heavy atom. The molecule has 1 heterocycles. The average Bonchev–Trinajstić information content (AvgIpc) is 2.58. The zero-order valence-corrected chi connectivity index (χ0v) is 8.94. The minimum atomic E-state index is -0.882. The van der Waals surface area contributed by atoms with Gasteiger partial charge in [-0.1, -0.05) is 6.07 Å². The third kappa shape index (κ3) is 1.63. The third-order valence-electron chi connectivity index (χ3n) is 1.97. The number of carboxylic acid groups (broad SMARTS) is 1. The molecule has 0 unspecified atom stereocenters. The Hall–Kier alpha value is -1.00. The van der Waals surface area contributed by atoms with Crippen molar-refractivity contribution in [1.82, 2.24) is 0 Å². The van der Waals surface area contributed by atoms with Gasteiger partial charge in [-0.25, -0.2) is 4.79 Å². The maximum Gasteiger partial charge on any atom is 0.335 e. The maximum absolute atomic E-state index is 10.7. The van der Waals surface area contributed by atoms with Crippen LogP contribution >= 0.6 is 24.0 Å². The van der Waals surface area contributed by atoms with Crippen LogP contribution in [0.5, 0.6) is 0 Å². The van der Waals surface area contributed by atoms with E-state index in [1.165, 1.54) is 0 Å². The molecule has 72 valence electrons. The summed E-state index contributed by atoms with van der Waals surface area (Å²) in [5, 5.41) is 9.88. The molecular formula is C10H8O2S2. The van der Waals surface area contributed by atoms with Gasteiger partial charge in [0.15, 0.2) is 0 Å². The van der Waals surface area contributed by atoms with Crippen LogP contribution < -0.4 is 0 Å². The fourth-order valence-electron chi connectivity index (χ4n) is 1.30. The van der Waals surface area contributed by atoms with Crippen LogP contribution in [0.15, 0.2) is 24.3 Å². The fourth-order valence-corrected chi connectivity index (χ4v) is 2.55. The molecule has 1 N–H and O–H groups in total. The Morgan fingerprint density at radius 1 is 1.43 bits per heavy atom. The molecule has 1 aromatic heterocycles. The molecule has 2 nitrogen and oxygen atoms in total. The number of carboxylic acids is 1. The van der Waals surface area contributed by atoms with E-state index in [0.717, 1.165) is 15.0 Å². The van der Waals surface area contributed by atoms with Crippen LogP contribution in [0, 0.1) is 0 Å². The minimum Gasteiger partial charge on any atom is -0.478 e. The standard InChI is InChI=1S/C10H8O2S2/c11-10(12)7-2-1-6-3-8(5-13)14-9(6)4-7/h1-4,13H,5H2,(H,11,12). The molecule has 14 heavy (non-hydrogen) atoms. The lowest BCUT2D eigenvalue weighted by molar-refractivity contribution is 0.0697. The summed E-state index contributed by atoms with van der Waals surface area (Å²) in [5.41, 5.74) is 0.338. The van der Waals surface area contributed by atoms with E-state index in [2.05, 4.69) is 12.6 Å². The molecule has 0 aliphatic carbocycles. The molecule has 4 heteroatoms. The highest BCUT2D eigenvalue weighted by atomic mass is 32.1. The summed E-state index contributed by atoms with van der Waals surface area (Å²) in [5.74, 6) is -0.186. The van der Waals surface area contributed by atoms with Crippen molar-refractivity contribution in [3.63, 3.8) is 0 Å². The third-order valence-corrected chi connectivity index (χ3v) is 3.63. The first kappa shape index (κ1) is 9.55. The number of carbonyl (C=O) groups is 1. The molecule has 0 saturated heterocycles. The Morgan fingerprint density at radius 2 is 2.21 bits per heavy atom. The van der Waals surface area contributed by atoms with Gasteiger partial charge in [0.25, 0.3) is 0 Å². The topological polar surface area (TPSA) is 37.3 Å². The number of rotatable bonds is 2. The van der Waals surface area contributed by atoms with Gasteiger partial charge >= 0.3 is 5.97 Å². The second-order valence-corrected chi connectivity index (χ2v) is 4.41. The molecule has 0 aliphatic heterocycles. The quantitative estimate of drug-likeness (QED) is 0.769. The molecule has 0 bridgehead atoms. The molecule has 0 atom stereocenters. The Balaban J connectivity index is 2.59. The van der Waals surface area contributed by atoms with Gasteiger partial charge < -0.3 is 5.11 Å². The van der Waals surface area contributed by atoms with Crippen LogP contribution in [0.4, 0.5) is 0 Å². The molecule has 0 fully saturated rings. The van der Waals surface area contributed by atoms with Gasteiger partial charge in [0.05, 0.1) is 5.56 Å². The Bertz CT molecular complexity index is 488. The second-order valence-electron chi connectivity index (χ2n) is 2.93. The van der Waals surface area contributed by atoms with Gasteiger partial charge in [-0.05, 0) is 23.6 Å². The van der Waals surface area contributed by atoms with Crippen molar-refractivity contribution in [3.8, 4) is 0 Å². The highest BCUT2D eigenvalue weighted by Gasteiger charge is 2.05. The van der Waals surface area contributed by atoms with Crippen LogP contribution in [0.3, 0.4) is 0 Å². The summed E-state index contributed by atoms with van der Waals surface area (Å²) in [4.78, 5) is 11.9. The van der Waals surface area contributed by atoms with Crippen molar-refractivity contribution in [2.24, 2.45) is 0 Å². The number of thiol groups is 1. The van der Waals surface area contributed by atoms with E-state index >= 15 is 0 Å². The van der Waals surface area contributed by atoms with Gasteiger partial charge in [-0.15, -0.1) is 11.3 Å². The monoisotopic (exact) mass is 224 g/mol. The predicted octanol–water partition coefficient (Wildman–Crippen LogP) is 3.03. The highest BCUT2D eigenvalue weighted by Crippen LogP contribution is 2.27. The molecule has 1 aromatic carbocycles. The van der Waals surface area contributed by atoms with Crippen molar-refractivity contribution >= 4 is 40.0 Å². The lowest BCUT2D eigenvalue weighted by Gasteiger charge is -1.92. The molecule has 0 saturated carbocycles. The normalized spacial score (nSPS) is 10.6. The van der Waals surface area contributed by atoms with Crippen molar-refractivity contribution in [3.05, 3.63) is 34.7 Å². The first-order valence-electron chi connectivity index (χ1n) is 4.07. The van der Waals surface area contributed by atoms with Gasteiger partial charge in [0.2, 0.25) is 0 Å². The summed E-state index contributed by atoms with van der Waals surface area (Å²) in [6.07, 6.45) is 0. The van der Waals surface area contributed by atoms with E-state index in [-0.39, 0.29) is 0 Å². The van der Waals surface area contributed by atoms with Gasteiger partial charge in [-0.3, -0.25) is 0 Å². The van der Waals surface area contributed by atoms with E-state index in [0.29, 0.717) is 11.3 Å². The fraction of sp³-hybridized carbons (Fsp3) is 0.100. The van der Waals surface area contributed by atoms with E-state index in [1.807, 2.05) is 12.1 Å². The van der Waals surface area contributed by atoms with Crippen LogP contribution in [-0.2, 0) is 5.75 Å². The summed E-state index contributed by atoms with van der Waals surface area (Å²) >= 11 is 5.77. The van der Waals surface area contributed by atoms with Crippen LogP contribution in [0.2, 0.25) is 0 Å². The zero-order valence-electron chi connectivity index (χ0n) is 7.23. The predicted molar refractivity (Wildman–Crippen MR) is 61.5 cm³/mol. The maximum atomic E-state index is 10.7. The summed E-state index contributed by atoms with van der Waals surface area (Å²) in [6, 6.07) is 7.20. The smallest absolute Gasteiger partial charge is 0.335 e. The number of fused-ring (bicyclic) bond motifs is 1. The van der Waals surface area contributed by atoms with Crippen LogP contribution in [0.1, 0.15) is 15.2 Å². The van der Waals surface area contributed by atoms with Crippen molar-refractivity contribution in [1.29, 1.82) is 0 Å². The molecule has 2 rings (SSSR count). The number of benzene rings is 1. The van der Waals surface area contributed by atoms with Crippen LogP contribution in [-0.4, -0.2) is 11.1 Å². The van der Waals surface area contributed by atoms with Gasteiger partial charge in [-0.2, -0.15) is 12.6 Å². The summed E-state index contributed by atoms with van der Waals surface area (Å²) in [6.45, 7) is 0. The average molecular weight is 224 g/mol. The van der Waals surface area contributed by atoms with E-state index in [1.54, 1.807) is 23.5 Å². The number of hydrogen-bond donors (Lipinski definition) is 2. The SMILES string of the molecule is O=C(O)c1ccc2cc(CS)sc2c1. The second kappa shape index (κ2) is 3.63. The van der Waals surface area contributed by atoms with Crippen LogP contribution in [0.25, 0.3) is 10.1 Å². The molecule has 0 spiro atoms. The first-order chi connectivity index (χ1) is 6.70. The van der Waals surface area contributed by atoms with E-state index in [9.17, 15) is 4.79 Å². The first-order valence-corrected chi connectivity index (χ1v) is 5.52. The molecule has 2 aromatic rings.